The summed E-state index contributed by atoms with van der Waals surface area (Å²) >= 11 is 5.97. The van der Waals surface area contributed by atoms with Gasteiger partial charge in [-0.2, -0.15) is 0 Å². The Morgan fingerprint density at radius 2 is 1.67 bits per heavy atom. The summed E-state index contributed by atoms with van der Waals surface area (Å²) in [5.41, 5.74) is 4.01. The maximum absolute atomic E-state index is 12.9. The van der Waals surface area contributed by atoms with E-state index in [4.69, 9.17) is 11.6 Å². The maximum atomic E-state index is 12.9. The predicted molar refractivity (Wildman–Crippen MR) is 132 cm³/mol. The highest BCUT2D eigenvalue weighted by Crippen LogP contribution is 2.31. The predicted octanol–water partition coefficient (Wildman–Crippen LogP) is 6.64. The third kappa shape index (κ3) is 4.83. The Labute approximate surface area is 198 Å². The van der Waals surface area contributed by atoms with Gasteiger partial charge in [0.05, 0.1) is 23.1 Å². The van der Waals surface area contributed by atoms with Crippen LogP contribution in [0.15, 0.2) is 67.4 Å². The Morgan fingerprint density at radius 3 is 2.27 bits per heavy atom. The van der Waals surface area contributed by atoms with Crippen molar-refractivity contribution < 1.29 is 14.7 Å². The lowest BCUT2D eigenvalue weighted by Gasteiger charge is -2.19. The molecular weight excluding hydrogens is 436 g/mol. The van der Waals surface area contributed by atoms with Crippen LogP contribution in [-0.2, 0) is 0 Å². The lowest BCUT2D eigenvalue weighted by atomic mass is 9.90. The summed E-state index contributed by atoms with van der Waals surface area (Å²) in [5.74, 6) is -1.27. The van der Waals surface area contributed by atoms with Gasteiger partial charge in [0.25, 0.3) is 0 Å². The molecule has 5 nitrogen and oxygen atoms in total. The van der Waals surface area contributed by atoms with Crippen molar-refractivity contribution in [1.29, 1.82) is 0 Å². The van der Waals surface area contributed by atoms with Crippen LogP contribution in [0.2, 0.25) is 5.02 Å². The van der Waals surface area contributed by atoms with Crippen LogP contribution in [0.3, 0.4) is 0 Å². The van der Waals surface area contributed by atoms with Crippen molar-refractivity contribution in [1.82, 2.24) is 4.98 Å². The monoisotopic (exact) mass is 460 g/mol. The standard InChI is InChI=1S/C27H25ClN2O3/c1-17(25-14-12-22(16-29-25)30(2)21-10-8-20(28)9-11-21)19-7-13-23(24(15-19)27(32)33)26(31)18-5-3-4-6-18/h7-16,18H,1,3-6H2,2H3,(H,32,33). The number of Topliss-reactive ketones (excluding diaryl/α,β-unsaturated/α-hetero) is 1. The minimum absolute atomic E-state index is 0.0182. The zero-order valence-electron chi connectivity index (χ0n) is 18.4. The summed E-state index contributed by atoms with van der Waals surface area (Å²) in [7, 11) is 1.94. The van der Waals surface area contributed by atoms with E-state index >= 15 is 0 Å². The molecule has 0 atom stereocenters. The van der Waals surface area contributed by atoms with Crippen LogP contribution in [0, 0.1) is 5.92 Å². The van der Waals surface area contributed by atoms with Crippen LogP contribution < -0.4 is 4.90 Å². The Kier molecular flexibility index (Phi) is 6.61. The van der Waals surface area contributed by atoms with Crippen LogP contribution in [0.25, 0.3) is 5.57 Å². The van der Waals surface area contributed by atoms with Gasteiger partial charge in [-0.25, -0.2) is 4.79 Å². The number of nitrogens with zero attached hydrogens (tertiary/aromatic N) is 2. The van der Waals surface area contributed by atoms with Gasteiger partial charge in [0.2, 0.25) is 0 Å². The third-order valence-electron chi connectivity index (χ3n) is 6.25. The van der Waals surface area contributed by atoms with E-state index in [1.54, 1.807) is 18.3 Å². The molecule has 3 aromatic rings. The minimum Gasteiger partial charge on any atom is -0.478 e. The second kappa shape index (κ2) is 9.59. The number of carboxylic acid groups (broad SMARTS) is 1. The topological polar surface area (TPSA) is 70.5 Å². The Bertz CT molecular complexity index is 1200. The molecule has 0 aliphatic heterocycles. The van der Waals surface area contributed by atoms with Crippen molar-refractivity contribution in [3.05, 3.63) is 94.8 Å². The molecule has 33 heavy (non-hydrogen) atoms. The first-order valence-corrected chi connectivity index (χ1v) is 11.3. The van der Waals surface area contributed by atoms with Gasteiger partial charge in [-0.15, -0.1) is 0 Å². The Balaban J connectivity index is 1.57. The summed E-state index contributed by atoms with van der Waals surface area (Å²) in [6.45, 7) is 4.12. The third-order valence-corrected chi connectivity index (χ3v) is 6.50. The average molecular weight is 461 g/mol. The number of carbonyl (C=O) groups is 2. The molecule has 0 spiro atoms. The number of halogens is 1. The molecule has 1 aliphatic carbocycles. The molecule has 2 aromatic carbocycles. The SMILES string of the molecule is C=C(c1ccc(C(=O)C2CCCC2)c(C(=O)O)c1)c1ccc(N(C)c2ccc(Cl)cc2)cn1. The van der Waals surface area contributed by atoms with E-state index in [0.29, 0.717) is 21.9 Å². The molecule has 1 fully saturated rings. The molecule has 0 saturated heterocycles. The number of hydrogen-bond donors (Lipinski definition) is 1. The fourth-order valence-electron chi connectivity index (χ4n) is 4.26. The summed E-state index contributed by atoms with van der Waals surface area (Å²) in [5, 5.41) is 10.4. The molecule has 1 aromatic heterocycles. The lowest BCUT2D eigenvalue weighted by Crippen LogP contribution is -2.16. The largest absolute Gasteiger partial charge is 0.478 e. The number of anilines is 2. The first-order chi connectivity index (χ1) is 15.8. The highest BCUT2D eigenvalue weighted by molar-refractivity contribution is 6.30. The van der Waals surface area contributed by atoms with Crippen molar-refractivity contribution in [3.63, 3.8) is 0 Å². The fraction of sp³-hybridized carbons (Fsp3) is 0.222. The number of rotatable bonds is 7. The molecule has 1 N–H and O–H groups in total. The molecule has 1 aliphatic rings. The highest BCUT2D eigenvalue weighted by Gasteiger charge is 2.27. The van der Waals surface area contributed by atoms with Gasteiger partial charge in [0.15, 0.2) is 5.78 Å². The van der Waals surface area contributed by atoms with E-state index in [1.807, 2.05) is 48.3 Å². The van der Waals surface area contributed by atoms with Gasteiger partial charge in [0.1, 0.15) is 0 Å². The number of carbonyl (C=O) groups excluding carboxylic acids is 1. The number of pyridine rings is 1. The Morgan fingerprint density at radius 1 is 1.00 bits per heavy atom. The zero-order valence-corrected chi connectivity index (χ0v) is 19.2. The number of ketones is 1. The van der Waals surface area contributed by atoms with Gasteiger partial charge < -0.3 is 10.0 Å². The second-order valence-corrected chi connectivity index (χ2v) is 8.76. The van der Waals surface area contributed by atoms with Crippen molar-refractivity contribution >= 4 is 40.3 Å². The van der Waals surface area contributed by atoms with E-state index in [2.05, 4.69) is 11.6 Å². The van der Waals surface area contributed by atoms with Crippen LogP contribution in [0.1, 0.15) is 57.7 Å². The number of benzene rings is 2. The fourth-order valence-corrected chi connectivity index (χ4v) is 4.38. The van der Waals surface area contributed by atoms with Crippen LogP contribution in [-0.4, -0.2) is 28.9 Å². The molecular formula is C27H25ClN2O3. The summed E-state index contributed by atoms with van der Waals surface area (Å²) in [4.78, 5) is 31.3. The normalized spacial score (nSPS) is 13.6. The number of aromatic nitrogens is 1. The molecule has 1 heterocycles. The molecule has 168 valence electrons. The summed E-state index contributed by atoms with van der Waals surface area (Å²) in [6.07, 6.45) is 5.43. The van der Waals surface area contributed by atoms with E-state index in [0.717, 1.165) is 37.1 Å². The van der Waals surface area contributed by atoms with Crippen LogP contribution >= 0.6 is 11.6 Å². The number of carboxylic acids is 1. The number of hydrogen-bond acceptors (Lipinski definition) is 4. The first-order valence-electron chi connectivity index (χ1n) is 10.9. The molecule has 0 bridgehead atoms. The zero-order chi connectivity index (χ0) is 23.5. The van der Waals surface area contributed by atoms with E-state index < -0.39 is 5.97 Å². The van der Waals surface area contributed by atoms with Gasteiger partial charge in [0, 0.05) is 34.8 Å². The molecule has 0 radical (unpaired) electrons. The van der Waals surface area contributed by atoms with Gasteiger partial charge >= 0.3 is 5.97 Å². The van der Waals surface area contributed by atoms with Gasteiger partial charge in [-0.3, -0.25) is 9.78 Å². The smallest absolute Gasteiger partial charge is 0.336 e. The second-order valence-electron chi connectivity index (χ2n) is 8.33. The number of aromatic carboxylic acids is 1. The van der Waals surface area contributed by atoms with Crippen LogP contribution in [0.5, 0.6) is 0 Å². The molecule has 0 unspecified atom stereocenters. The van der Waals surface area contributed by atoms with Crippen LogP contribution in [0.4, 0.5) is 11.4 Å². The molecule has 6 heteroatoms. The van der Waals surface area contributed by atoms with E-state index in [9.17, 15) is 14.7 Å². The maximum Gasteiger partial charge on any atom is 0.336 e. The van der Waals surface area contributed by atoms with E-state index in [-0.39, 0.29) is 22.8 Å². The van der Waals surface area contributed by atoms with Crippen molar-refractivity contribution in [2.45, 2.75) is 25.7 Å². The van der Waals surface area contributed by atoms with Gasteiger partial charge in [-0.1, -0.05) is 37.1 Å². The molecule has 4 rings (SSSR count). The highest BCUT2D eigenvalue weighted by atomic mass is 35.5. The molecule has 0 amide bonds. The van der Waals surface area contributed by atoms with Crippen molar-refractivity contribution in [3.8, 4) is 0 Å². The Hall–Kier alpha value is -3.44. The van der Waals surface area contributed by atoms with E-state index in [1.165, 1.54) is 6.07 Å². The summed E-state index contributed by atoms with van der Waals surface area (Å²) in [6, 6.07) is 16.2. The lowest BCUT2D eigenvalue weighted by molar-refractivity contribution is 0.0690. The first kappa shape index (κ1) is 22.7. The van der Waals surface area contributed by atoms with Crippen molar-refractivity contribution in [2.75, 3.05) is 11.9 Å². The summed E-state index contributed by atoms with van der Waals surface area (Å²) < 4.78 is 0. The molecule has 1 saturated carbocycles. The van der Waals surface area contributed by atoms with Crippen molar-refractivity contribution in [2.24, 2.45) is 5.92 Å². The average Bonchev–Trinajstić information content (AvgIpc) is 3.38. The minimum atomic E-state index is -1.11. The van der Waals surface area contributed by atoms with Gasteiger partial charge in [-0.05, 0) is 66.9 Å². The quantitative estimate of drug-likeness (QED) is 0.400.